The summed E-state index contributed by atoms with van der Waals surface area (Å²) in [6.45, 7) is 2.33. The smallest absolute Gasteiger partial charge is 0.301 e. The molecule has 1 heterocycles. The van der Waals surface area contributed by atoms with Crippen molar-refractivity contribution in [3.05, 3.63) is 28.8 Å². The van der Waals surface area contributed by atoms with E-state index in [4.69, 9.17) is 11.6 Å². The van der Waals surface area contributed by atoms with E-state index in [9.17, 15) is 21.6 Å². The molecule has 1 aromatic rings. The number of alkyl halides is 3. The average molecular weight is 383 g/mol. The van der Waals surface area contributed by atoms with Crippen LogP contribution in [0.1, 0.15) is 24.8 Å². The molecule has 0 spiro atoms. The van der Waals surface area contributed by atoms with Crippen molar-refractivity contribution in [1.82, 2.24) is 9.62 Å². The van der Waals surface area contributed by atoms with Gasteiger partial charge in [-0.05, 0) is 49.9 Å². The zero-order valence-corrected chi connectivity index (χ0v) is 14.4. The van der Waals surface area contributed by atoms with Crippen LogP contribution >= 0.6 is 11.6 Å². The van der Waals surface area contributed by atoms with Crippen molar-refractivity contribution in [2.24, 2.45) is 5.92 Å². The Morgan fingerprint density at radius 1 is 1.25 bits per heavy atom. The third-order valence-electron chi connectivity index (χ3n) is 4.36. The molecule has 0 radical (unpaired) electrons. The lowest BCUT2D eigenvalue weighted by atomic mass is 10.2. The van der Waals surface area contributed by atoms with Gasteiger partial charge in [0.05, 0.1) is 10.6 Å². The van der Waals surface area contributed by atoms with E-state index >= 15 is 0 Å². The van der Waals surface area contributed by atoms with E-state index in [0.29, 0.717) is 24.9 Å². The number of benzene rings is 1. The molecule has 1 aromatic carbocycles. The average Bonchev–Trinajstić information content (AvgIpc) is 3.17. The van der Waals surface area contributed by atoms with Crippen LogP contribution in [0.5, 0.6) is 0 Å². The SMILES string of the molecule is O=S(=O)(NC1CCN(CC2CC2)C1)c1cc(C(F)(F)F)ccc1Cl. The lowest BCUT2D eigenvalue weighted by Gasteiger charge is -2.17. The zero-order valence-electron chi connectivity index (χ0n) is 12.8. The summed E-state index contributed by atoms with van der Waals surface area (Å²) in [6, 6.07) is 2.02. The Morgan fingerprint density at radius 3 is 2.58 bits per heavy atom. The molecule has 0 amide bonds. The maximum absolute atomic E-state index is 12.8. The van der Waals surface area contributed by atoms with Gasteiger partial charge >= 0.3 is 6.18 Å². The molecule has 1 aliphatic carbocycles. The van der Waals surface area contributed by atoms with Crippen LogP contribution in [0, 0.1) is 5.92 Å². The van der Waals surface area contributed by atoms with Gasteiger partial charge < -0.3 is 4.90 Å². The minimum atomic E-state index is -4.62. The van der Waals surface area contributed by atoms with Gasteiger partial charge in [0.2, 0.25) is 10.0 Å². The van der Waals surface area contributed by atoms with Gasteiger partial charge in [0.25, 0.3) is 0 Å². The highest BCUT2D eigenvalue weighted by molar-refractivity contribution is 7.89. The van der Waals surface area contributed by atoms with E-state index in [1.165, 1.54) is 12.8 Å². The fourth-order valence-electron chi connectivity index (χ4n) is 2.93. The highest BCUT2D eigenvalue weighted by atomic mass is 35.5. The Morgan fingerprint density at radius 2 is 1.96 bits per heavy atom. The molecular formula is C15H18ClF3N2O2S. The van der Waals surface area contributed by atoms with Crippen LogP contribution < -0.4 is 4.72 Å². The predicted molar refractivity (Wildman–Crippen MR) is 84.3 cm³/mol. The Labute approximate surface area is 144 Å². The second-order valence-corrected chi connectivity index (χ2v) is 8.54. The van der Waals surface area contributed by atoms with Crippen molar-refractivity contribution in [1.29, 1.82) is 0 Å². The Kier molecular flexibility index (Phi) is 4.85. The van der Waals surface area contributed by atoms with E-state index in [2.05, 4.69) is 9.62 Å². The zero-order chi connectivity index (χ0) is 17.5. The Balaban J connectivity index is 1.73. The Hall–Kier alpha value is -0.830. The second-order valence-electron chi connectivity index (χ2n) is 6.45. The van der Waals surface area contributed by atoms with Crippen molar-refractivity contribution in [2.45, 2.75) is 36.4 Å². The quantitative estimate of drug-likeness (QED) is 0.851. The molecule has 2 fully saturated rings. The first-order valence-corrected chi connectivity index (χ1v) is 9.63. The monoisotopic (exact) mass is 382 g/mol. The van der Waals surface area contributed by atoms with Gasteiger partial charge in [-0.15, -0.1) is 0 Å². The van der Waals surface area contributed by atoms with Crippen molar-refractivity contribution < 1.29 is 21.6 Å². The molecule has 1 unspecified atom stereocenters. The van der Waals surface area contributed by atoms with E-state index in [1.807, 2.05) is 0 Å². The molecule has 3 rings (SSSR count). The van der Waals surface area contributed by atoms with Crippen LogP contribution in [0.25, 0.3) is 0 Å². The number of nitrogens with zero attached hydrogens (tertiary/aromatic N) is 1. The Bertz CT molecular complexity index is 720. The van der Waals surface area contributed by atoms with Crippen molar-refractivity contribution in [2.75, 3.05) is 19.6 Å². The molecule has 0 aromatic heterocycles. The minimum Gasteiger partial charge on any atom is -0.301 e. The molecule has 0 bridgehead atoms. The van der Waals surface area contributed by atoms with Gasteiger partial charge in [-0.1, -0.05) is 11.6 Å². The highest BCUT2D eigenvalue weighted by Crippen LogP contribution is 2.34. The van der Waals surface area contributed by atoms with Gasteiger partial charge in [0.15, 0.2) is 0 Å². The lowest BCUT2D eigenvalue weighted by molar-refractivity contribution is -0.137. The van der Waals surface area contributed by atoms with Crippen LogP contribution in [-0.4, -0.2) is 39.0 Å². The summed E-state index contributed by atoms with van der Waals surface area (Å²) in [6.07, 6.45) is -1.55. The summed E-state index contributed by atoms with van der Waals surface area (Å²) >= 11 is 5.83. The van der Waals surface area contributed by atoms with Crippen molar-refractivity contribution in [3.63, 3.8) is 0 Å². The first kappa shape index (κ1) is 18.0. The molecular weight excluding hydrogens is 365 g/mol. The number of likely N-dealkylation sites (tertiary alicyclic amines) is 1. The van der Waals surface area contributed by atoms with Crippen molar-refractivity contribution in [3.8, 4) is 0 Å². The number of halogens is 4. The van der Waals surface area contributed by atoms with E-state index in [0.717, 1.165) is 25.2 Å². The summed E-state index contributed by atoms with van der Waals surface area (Å²) in [4.78, 5) is 1.66. The topological polar surface area (TPSA) is 49.4 Å². The maximum atomic E-state index is 12.8. The number of nitrogens with one attached hydrogen (secondary N) is 1. The number of sulfonamides is 1. The van der Waals surface area contributed by atoms with E-state index in [-0.39, 0.29) is 11.1 Å². The van der Waals surface area contributed by atoms with Crippen molar-refractivity contribution >= 4 is 21.6 Å². The maximum Gasteiger partial charge on any atom is 0.416 e. The van der Waals surface area contributed by atoms with Gasteiger partial charge in [-0.2, -0.15) is 13.2 Å². The summed E-state index contributed by atoms with van der Waals surface area (Å²) < 4.78 is 65.8. The second kappa shape index (κ2) is 6.48. The number of hydrogen-bond acceptors (Lipinski definition) is 3. The molecule has 24 heavy (non-hydrogen) atoms. The van der Waals surface area contributed by atoms with Gasteiger partial charge in [-0.3, -0.25) is 0 Å². The molecule has 1 saturated heterocycles. The summed E-state index contributed by atoms with van der Waals surface area (Å²) in [5, 5.41) is -0.219. The fraction of sp³-hybridized carbons (Fsp3) is 0.600. The molecule has 1 saturated carbocycles. The molecule has 4 nitrogen and oxygen atoms in total. The van der Waals surface area contributed by atoms with Crippen LogP contribution in [0.2, 0.25) is 5.02 Å². The van der Waals surface area contributed by atoms with Gasteiger partial charge in [0, 0.05) is 19.1 Å². The summed E-state index contributed by atoms with van der Waals surface area (Å²) in [7, 11) is -4.10. The summed E-state index contributed by atoms with van der Waals surface area (Å²) in [5.74, 6) is 0.707. The number of rotatable bonds is 5. The lowest BCUT2D eigenvalue weighted by Crippen LogP contribution is -2.37. The molecule has 2 aliphatic rings. The largest absolute Gasteiger partial charge is 0.416 e. The fourth-order valence-corrected chi connectivity index (χ4v) is 4.72. The van der Waals surface area contributed by atoms with Crippen LogP contribution in [-0.2, 0) is 16.2 Å². The minimum absolute atomic E-state index is 0.219. The van der Waals surface area contributed by atoms with Crippen LogP contribution in [0.15, 0.2) is 23.1 Å². The van der Waals surface area contributed by atoms with Gasteiger partial charge in [0.1, 0.15) is 4.90 Å². The molecule has 134 valence electrons. The van der Waals surface area contributed by atoms with Crippen LogP contribution in [0.4, 0.5) is 13.2 Å². The standard InChI is InChI=1S/C15H18ClF3N2O2S/c16-13-4-3-11(15(17,18)19)7-14(13)24(22,23)20-12-5-6-21(9-12)8-10-1-2-10/h3-4,7,10,12,20H,1-2,5-6,8-9H2. The summed E-state index contributed by atoms with van der Waals surface area (Å²) in [5.41, 5.74) is -1.03. The van der Waals surface area contributed by atoms with E-state index in [1.54, 1.807) is 0 Å². The number of hydrogen-bond donors (Lipinski definition) is 1. The normalized spacial score (nSPS) is 22.9. The third-order valence-corrected chi connectivity index (χ3v) is 6.36. The van der Waals surface area contributed by atoms with E-state index < -0.39 is 26.7 Å². The first-order chi connectivity index (χ1) is 11.1. The van der Waals surface area contributed by atoms with Gasteiger partial charge in [-0.25, -0.2) is 13.1 Å². The molecule has 1 atom stereocenters. The first-order valence-electron chi connectivity index (χ1n) is 7.76. The molecule has 9 heteroatoms. The van der Waals surface area contributed by atoms with Crippen LogP contribution in [0.3, 0.4) is 0 Å². The molecule has 1 aliphatic heterocycles. The highest BCUT2D eigenvalue weighted by Gasteiger charge is 2.35. The molecule has 1 N–H and O–H groups in total. The third kappa shape index (κ3) is 4.22. The predicted octanol–water partition coefficient (Wildman–Crippen LogP) is 3.12.